The Balaban J connectivity index is 1.37. The van der Waals surface area contributed by atoms with Crippen molar-refractivity contribution in [2.45, 2.75) is 6.92 Å². The highest BCUT2D eigenvalue weighted by Gasteiger charge is 2.18. The molecule has 0 aliphatic carbocycles. The number of fused-ring (bicyclic) bond motifs is 2. The molecule has 1 aromatic carbocycles. The summed E-state index contributed by atoms with van der Waals surface area (Å²) in [6, 6.07) is 15.5. The summed E-state index contributed by atoms with van der Waals surface area (Å²) >= 11 is 0. The largest absolute Gasteiger partial charge is 0.460 e. The van der Waals surface area contributed by atoms with Crippen molar-refractivity contribution in [3.05, 3.63) is 70.8 Å². The van der Waals surface area contributed by atoms with Gasteiger partial charge < -0.3 is 19.6 Å². The van der Waals surface area contributed by atoms with Gasteiger partial charge in [0, 0.05) is 56.4 Å². The Labute approximate surface area is 214 Å². The van der Waals surface area contributed by atoms with Crippen LogP contribution in [-0.2, 0) is 0 Å². The number of rotatable bonds is 6. The third-order valence-electron chi connectivity index (χ3n) is 6.87. The van der Waals surface area contributed by atoms with Gasteiger partial charge in [0.2, 0.25) is 0 Å². The number of nitrogens with one attached hydrogen (secondary N) is 2. The zero-order valence-electron chi connectivity index (χ0n) is 21.0. The number of anilines is 1. The first-order valence-corrected chi connectivity index (χ1v) is 12.6. The standard InChI is InChI=1S/C28H29N7O2/c1-18-5-8-24(37-18)26-25(20-6-7-21-19(16-20)4-3-9-29-21)31-22-17-23(28(36)33-27(22)32-26)30-10-11-35-14-12-34(2)13-15-35/h3-9,16-17,30H,10-15H2,1-2H3,(H,32,33,36). The molecule has 0 spiro atoms. The number of pyridine rings is 2. The number of aromatic nitrogens is 4. The Morgan fingerprint density at radius 3 is 2.68 bits per heavy atom. The van der Waals surface area contributed by atoms with Crippen LogP contribution in [0.4, 0.5) is 5.69 Å². The lowest BCUT2D eigenvalue weighted by Crippen LogP contribution is -2.45. The van der Waals surface area contributed by atoms with Crippen molar-refractivity contribution in [1.82, 2.24) is 29.7 Å². The molecule has 1 aliphatic heterocycles. The third-order valence-corrected chi connectivity index (χ3v) is 6.87. The molecule has 9 heteroatoms. The van der Waals surface area contributed by atoms with Gasteiger partial charge in [-0.1, -0.05) is 12.1 Å². The number of aromatic amines is 1. The van der Waals surface area contributed by atoms with Crippen LogP contribution >= 0.6 is 0 Å². The number of furan rings is 1. The van der Waals surface area contributed by atoms with Gasteiger partial charge in [-0.25, -0.2) is 9.97 Å². The van der Waals surface area contributed by atoms with E-state index in [0.717, 1.165) is 55.0 Å². The number of hydrogen-bond donors (Lipinski definition) is 2. The predicted molar refractivity (Wildman–Crippen MR) is 146 cm³/mol. The molecule has 1 saturated heterocycles. The van der Waals surface area contributed by atoms with Gasteiger partial charge in [-0.3, -0.25) is 14.7 Å². The van der Waals surface area contributed by atoms with Gasteiger partial charge in [0.15, 0.2) is 11.4 Å². The quantitative estimate of drug-likeness (QED) is 0.367. The average molecular weight is 496 g/mol. The molecular weight excluding hydrogens is 466 g/mol. The van der Waals surface area contributed by atoms with Gasteiger partial charge in [-0.05, 0) is 50.4 Å². The lowest BCUT2D eigenvalue weighted by molar-refractivity contribution is 0.158. The summed E-state index contributed by atoms with van der Waals surface area (Å²) in [4.78, 5) is 34.7. The fraction of sp³-hybridized carbons (Fsp3) is 0.286. The SMILES string of the molecule is Cc1ccc(-c2nc3[nH]c(=O)c(NCCN4CCN(C)CC4)cc3nc2-c2ccc3ncccc3c2)o1. The monoisotopic (exact) mass is 495 g/mol. The van der Waals surface area contributed by atoms with E-state index in [0.29, 0.717) is 40.5 Å². The van der Waals surface area contributed by atoms with Crippen LogP contribution in [0, 0.1) is 6.92 Å². The van der Waals surface area contributed by atoms with Crippen molar-refractivity contribution in [3.63, 3.8) is 0 Å². The molecule has 9 nitrogen and oxygen atoms in total. The molecule has 37 heavy (non-hydrogen) atoms. The minimum atomic E-state index is -0.216. The van der Waals surface area contributed by atoms with Crippen LogP contribution < -0.4 is 10.9 Å². The average Bonchev–Trinajstić information content (AvgIpc) is 3.35. The number of aryl methyl sites for hydroxylation is 1. The molecule has 1 aliphatic rings. The van der Waals surface area contributed by atoms with E-state index < -0.39 is 0 Å². The zero-order chi connectivity index (χ0) is 25.4. The zero-order valence-corrected chi connectivity index (χ0v) is 21.0. The molecule has 0 unspecified atom stereocenters. The first-order valence-electron chi connectivity index (χ1n) is 12.6. The Hall–Kier alpha value is -4.08. The lowest BCUT2D eigenvalue weighted by atomic mass is 10.0. The topological polar surface area (TPSA) is 103 Å². The van der Waals surface area contributed by atoms with Crippen LogP contribution in [0.1, 0.15) is 5.76 Å². The van der Waals surface area contributed by atoms with Crippen LogP contribution in [0.5, 0.6) is 0 Å². The third kappa shape index (κ3) is 4.83. The molecule has 5 aromatic rings. The van der Waals surface area contributed by atoms with Gasteiger partial charge in [0.05, 0.1) is 5.52 Å². The molecule has 2 N–H and O–H groups in total. The summed E-state index contributed by atoms with van der Waals surface area (Å²) in [6.45, 7) is 7.66. The smallest absolute Gasteiger partial charge is 0.273 e. The molecular formula is C28H29N7O2. The van der Waals surface area contributed by atoms with Crippen LogP contribution in [0.2, 0.25) is 0 Å². The van der Waals surface area contributed by atoms with Gasteiger partial charge in [0.1, 0.15) is 28.4 Å². The Morgan fingerprint density at radius 2 is 1.86 bits per heavy atom. The highest BCUT2D eigenvalue weighted by molar-refractivity contribution is 5.89. The van der Waals surface area contributed by atoms with E-state index in [4.69, 9.17) is 14.4 Å². The van der Waals surface area contributed by atoms with Gasteiger partial charge in [0.25, 0.3) is 5.56 Å². The van der Waals surface area contributed by atoms with Crippen molar-refractivity contribution in [2.24, 2.45) is 0 Å². The second-order valence-electron chi connectivity index (χ2n) is 9.56. The molecule has 1 fully saturated rings. The van der Waals surface area contributed by atoms with Crippen LogP contribution in [-0.4, -0.2) is 76.1 Å². The Bertz CT molecular complexity index is 1630. The van der Waals surface area contributed by atoms with Crippen LogP contribution in [0.15, 0.2) is 63.9 Å². The number of H-pyrrole nitrogens is 1. The van der Waals surface area contributed by atoms with E-state index in [-0.39, 0.29) is 5.56 Å². The Morgan fingerprint density at radius 1 is 1.00 bits per heavy atom. The van der Waals surface area contributed by atoms with Crippen molar-refractivity contribution in [2.75, 3.05) is 51.6 Å². The fourth-order valence-electron chi connectivity index (χ4n) is 4.73. The number of benzene rings is 1. The summed E-state index contributed by atoms with van der Waals surface area (Å²) in [5, 5.41) is 4.31. The summed E-state index contributed by atoms with van der Waals surface area (Å²) in [5.41, 5.74) is 4.37. The fourth-order valence-corrected chi connectivity index (χ4v) is 4.73. The second-order valence-corrected chi connectivity index (χ2v) is 9.56. The van der Waals surface area contributed by atoms with Crippen LogP contribution in [0.25, 0.3) is 44.8 Å². The van der Waals surface area contributed by atoms with Gasteiger partial charge in [-0.15, -0.1) is 0 Å². The maximum atomic E-state index is 12.9. The number of piperazine rings is 1. The highest BCUT2D eigenvalue weighted by atomic mass is 16.3. The van der Waals surface area contributed by atoms with Gasteiger partial charge in [-0.2, -0.15) is 0 Å². The molecule has 0 atom stereocenters. The molecule has 6 rings (SSSR count). The first-order chi connectivity index (χ1) is 18.0. The first kappa shape index (κ1) is 23.3. The van der Waals surface area contributed by atoms with Crippen molar-refractivity contribution >= 4 is 27.8 Å². The lowest BCUT2D eigenvalue weighted by Gasteiger charge is -2.32. The van der Waals surface area contributed by atoms with Crippen LogP contribution in [0.3, 0.4) is 0 Å². The molecule has 0 amide bonds. The molecule has 4 aromatic heterocycles. The van der Waals surface area contributed by atoms with Gasteiger partial charge >= 0.3 is 0 Å². The summed E-state index contributed by atoms with van der Waals surface area (Å²) in [5.74, 6) is 1.38. The predicted octanol–water partition coefficient (Wildman–Crippen LogP) is 3.76. The number of hydrogen-bond acceptors (Lipinski definition) is 8. The molecule has 0 saturated carbocycles. The Kier molecular flexibility index (Phi) is 6.15. The molecule has 5 heterocycles. The number of nitrogens with zero attached hydrogens (tertiary/aromatic N) is 5. The van der Waals surface area contributed by atoms with E-state index in [2.05, 4.69) is 38.2 Å². The highest BCUT2D eigenvalue weighted by Crippen LogP contribution is 2.33. The van der Waals surface area contributed by atoms with E-state index in [9.17, 15) is 4.79 Å². The minimum Gasteiger partial charge on any atom is -0.460 e. The van der Waals surface area contributed by atoms with E-state index in [1.54, 1.807) is 12.3 Å². The minimum absolute atomic E-state index is 0.216. The molecule has 0 radical (unpaired) electrons. The molecule has 0 bridgehead atoms. The summed E-state index contributed by atoms with van der Waals surface area (Å²) < 4.78 is 5.91. The van der Waals surface area contributed by atoms with E-state index in [1.807, 2.05) is 43.3 Å². The maximum absolute atomic E-state index is 12.9. The van der Waals surface area contributed by atoms with Crippen molar-refractivity contribution < 1.29 is 4.42 Å². The summed E-state index contributed by atoms with van der Waals surface area (Å²) in [7, 11) is 2.15. The maximum Gasteiger partial charge on any atom is 0.273 e. The second kappa shape index (κ2) is 9.76. The normalized spacial score (nSPS) is 15.0. The van der Waals surface area contributed by atoms with Crippen molar-refractivity contribution in [1.29, 1.82) is 0 Å². The van der Waals surface area contributed by atoms with Crippen molar-refractivity contribution in [3.8, 4) is 22.7 Å². The van der Waals surface area contributed by atoms with E-state index in [1.165, 1.54) is 0 Å². The van der Waals surface area contributed by atoms with E-state index >= 15 is 0 Å². The molecule has 188 valence electrons. The summed E-state index contributed by atoms with van der Waals surface area (Å²) in [6.07, 6.45) is 1.78. The number of likely N-dealkylation sites (N-methyl/N-ethyl adjacent to an activating group) is 1.